The average molecular weight is 165 g/mol. The Morgan fingerprint density at radius 1 is 1.50 bits per heavy atom. The van der Waals surface area contributed by atoms with E-state index in [0.717, 1.165) is 11.3 Å². The smallest absolute Gasteiger partial charge is 0.228 e. The number of nitrogens with one attached hydrogen (secondary N) is 1. The van der Waals surface area contributed by atoms with Gasteiger partial charge in [-0.1, -0.05) is 0 Å². The zero-order chi connectivity index (χ0) is 8.72. The van der Waals surface area contributed by atoms with Crippen LogP contribution in [0.2, 0.25) is 0 Å². The monoisotopic (exact) mass is 165 g/mol. The number of hydrogen-bond donors (Lipinski definition) is 1. The number of carbonyl (C=O) groups is 1. The predicted molar refractivity (Wildman–Crippen MR) is 43.5 cm³/mol. The van der Waals surface area contributed by atoms with Crippen LogP contribution in [0.1, 0.15) is 11.1 Å². The van der Waals surface area contributed by atoms with Crippen LogP contribution in [0, 0.1) is 12.7 Å². The Bertz CT molecular complexity index is 360. The quantitative estimate of drug-likeness (QED) is 0.622. The van der Waals surface area contributed by atoms with Gasteiger partial charge in [0, 0.05) is 5.69 Å². The minimum absolute atomic E-state index is 0.0568. The topological polar surface area (TPSA) is 29.1 Å². The van der Waals surface area contributed by atoms with E-state index in [1.807, 2.05) is 0 Å². The minimum Gasteiger partial charge on any atom is -0.326 e. The molecule has 0 spiro atoms. The number of rotatable bonds is 0. The number of hydrogen-bond acceptors (Lipinski definition) is 1. The van der Waals surface area contributed by atoms with E-state index < -0.39 is 0 Å². The first-order chi connectivity index (χ1) is 5.68. The lowest BCUT2D eigenvalue weighted by Gasteiger charge is -2.02. The van der Waals surface area contributed by atoms with Crippen molar-refractivity contribution in [3.8, 4) is 0 Å². The van der Waals surface area contributed by atoms with E-state index in [2.05, 4.69) is 5.32 Å². The van der Waals surface area contributed by atoms with Crippen LogP contribution in [0.3, 0.4) is 0 Å². The molecule has 0 fully saturated rings. The highest BCUT2D eigenvalue weighted by Crippen LogP contribution is 2.27. The second kappa shape index (κ2) is 2.30. The van der Waals surface area contributed by atoms with Crippen LogP contribution in [0.4, 0.5) is 10.1 Å². The van der Waals surface area contributed by atoms with Crippen molar-refractivity contribution in [1.29, 1.82) is 0 Å². The fraction of sp³-hybridized carbons (Fsp3) is 0.222. The number of carbonyl (C=O) groups excluding carboxylic acids is 1. The number of fused-ring (bicyclic) bond motifs is 1. The van der Waals surface area contributed by atoms with E-state index in [9.17, 15) is 9.18 Å². The summed E-state index contributed by atoms with van der Waals surface area (Å²) in [5.41, 5.74) is 2.12. The van der Waals surface area contributed by atoms with Gasteiger partial charge in [-0.2, -0.15) is 0 Å². The van der Waals surface area contributed by atoms with Crippen molar-refractivity contribution >= 4 is 11.6 Å². The maximum absolute atomic E-state index is 13.0. The first-order valence-electron chi connectivity index (χ1n) is 3.76. The Labute approximate surface area is 69.4 Å². The molecule has 1 N–H and O–H groups in total. The summed E-state index contributed by atoms with van der Waals surface area (Å²) in [6, 6.07) is 2.97. The summed E-state index contributed by atoms with van der Waals surface area (Å²) in [6.07, 6.45) is 0.304. The van der Waals surface area contributed by atoms with Crippen LogP contribution >= 0.6 is 0 Å². The molecule has 0 unspecified atom stereocenters. The van der Waals surface area contributed by atoms with Crippen LogP contribution in [0.15, 0.2) is 12.1 Å². The Morgan fingerprint density at radius 3 is 3.00 bits per heavy atom. The van der Waals surface area contributed by atoms with E-state index in [4.69, 9.17) is 0 Å². The summed E-state index contributed by atoms with van der Waals surface area (Å²) in [6.45, 7) is 1.69. The number of halogens is 1. The molecule has 12 heavy (non-hydrogen) atoms. The highest BCUT2D eigenvalue weighted by atomic mass is 19.1. The van der Waals surface area contributed by atoms with Crippen LogP contribution < -0.4 is 5.32 Å². The molecule has 1 aromatic rings. The third-order valence-electron chi connectivity index (χ3n) is 2.14. The fourth-order valence-corrected chi connectivity index (χ4v) is 1.43. The predicted octanol–water partition coefficient (Wildman–Crippen LogP) is 1.63. The molecule has 0 saturated carbocycles. The first kappa shape index (κ1) is 7.28. The van der Waals surface area contributed by atoms with E-state index >= 15 is 0 Å². The van der Waals surface area contributed by atoms with Gasteiger partial charge >= 0.3 is 0 Å². The second-order valence-electron chi connectivity index (χ2n) is 2.92. The van der Waals surface area contributed by atoms with Crippen LogP contribution in [-0.2, 0) is 11.2 Å². The van der Waals surface area contributed by atoms with Gasteiger partial charge in [0.1, 0.15) is 5.82 Å². The summed E-state index contributed by atoms with van der Waals surface area (Å²) in [5.74, 6) is -0.302. The van der Waals surface area contributed by atoms with Crippen LogP contribution in [-0.4, -0.2) is 5.91 Å². The molecule has 0 saturated heterocycles. The highest BCUT2D eigenvalue weighted by Gasteiger charge is 2.20. The van der Waals surface area contributed by atoms with Gasteiger partial charge in [-0.15, -0.1) is 0 Å². The molecule has 1 aliphatic heterocycles. The van der Waals surface area contributed by atoms with Crippen molar-refractivity contribution in [2.75, 3.05) is 5.32 Å². The number of benzene rings is 1. The number of anilines is 1. The van der Waals surface area contributed by atoms with Gasteiger partial charge in [0.15, 0.2) is 0 Å². The molecule has 62 valence electrons. The van der Waals surface area contributed by atoms with E-state index in [0.29, 0.717) is 12.0 Å². The first-order valence-corrected chi connectivity index (χ1v) is 3.76. The lowest BCUT2D eigenvalue weighted by Crippen LogP contribution is -2.03. The van der Waals surface area contributed by atoms with Gasteiger partial charge < -0.3 is 5.32 Å². The lowest BCUT2D eigenvalue weighted by molar-refractivity contribution is -0.115. The summed E-state index contributed by atoms with van der Waals surface area (Å²) >= 11 is 0. The molecule has 1 aromatic carbocycles. The van der Waals surface area contributed by atoms with Gasteiger partial charge in [0.2, 0.25) is 5.91 Å². The Balaban J connectivity index is 2.61. The van der Waals surface area contributed by atoms with Crippen molar-refractivity contribution in [2.24, 2.45) is 0 Å². The highest BCUT2D eigenvalue weighted by molar-refractivity contribution is 5.99. The molecular formula is C9H8FNO. The molecule has 2 nitrogen and oxygen atoms in total. The molecule has 1 heterocycles. The maximum atomic E-state index is 13.0. The molecule has 1 amide bonds. The normalized spacial score (nSPS) is 14.3. The largest absolute Gasteiger partial charge is 0.326 e. The summed E-state index contributed by atoms with van der Waals surface area (Å²) in [4.78, 5) is 10.9. The Morgan fingerprint density at radius 2 is 2.25 bits per heavy atom. The summed E-state index contributed by atoms with van der Waals surface area (Å²) in [7, 11) is 0. The van der Waals surface area contributed by atoms with Gasteiger partial charge in [-0.3, -0.25) is 4.79 Å². The van der Waals surface area contributed by atoms with Crippen molar-refractivity contribution in [3.05, 3.63) is 29.1 Å². The molecule has 1 aliphatic rings. The van der Waals surface area contributed by atoms with Crippen molar-refractivity contribution in [1.82, 2.24) is 0 Å². The molecule has 0 bridgehead atoms. The lowest BCUT2D eigenvalue weighted by atomic mass is 10.1. The number of amides is 1. The minimum atomic E-state index is -0.245. The molecule has 0 atom stereocenters. The van der Waals surface area contributed by atoms with E-state index in [1.54, 1.807) is 13.0 Å². The summed E-state index contributed by atoms with van der Waals surface area (Å²) in [5, 5.41) is 2.66. The molecular weight excluding hydrogens is 157 g/mol. The van der Waals surface area contributed by atoms with E-state index in [-0.39, 0.29) is 11.7 Å². The molecule has 0 radical (unpaired) electrons. The van der Waals surface area contributed by atoms with Crippen molar-refractivity contribution in [2.45, 2.75) is 13.3 Å². The standard InChI is InChI=1S/C9H8FNO/c1-5-6-4-9(12)11-8(6)3-2-7(5)10/h2-3H,4H2,1H3,(H,11,12). The molecule has 3 heteroatoms. The third kappa shape index (κ3) is 0.897. The summed E-state index contributed by atoms with van der Waals surface area (Å²) < 4.78 is 13.0. The van der Waals surface area contributed by atoms with Gasteiger partial charge in [-0.25, -0.2) is 4.39 Å². The van der Waals surface area contributed by atoms with Gasteiger partial charge in [-0.05, 0) is 30.2 Å². The third-order valence-corrected chi connectivity index (χ3v) is 2.14. The van der Waals surface area contributed by atoms with Crippen molar-refractivity contribution in [3.63, 3.8) is 0 Å². The Kier molecular flexibility index (Phi) is 1.40. The van der Waals surface area contributed by atoms with Crippen LogP contribution in [0.25, 0.3) is 0 Å². The van der Waals surface area contributed by atoms with Crippen LogP contribution in [0.5, 0.6) is 0 Å². The Hall–Kier alpha value is -1.38. The average Bonchev–Trinajstić information content (AvgIpc) is 2.39. The zero-order valence-corrected chi connectivity index (χ0v) is 6.65. The second-order valence-corrected chi connectivity index (χ2v) is 2.92. The maximum Gasteiger partial charge on any atom is 0.228 e. The fourth-order valence-electron chi connectivity index (χ4n) is 1.43. The van der Waals surface area contributed by atoms with Gasteiger partial charge in [0.25, 0.3) is 0 Å². The molecule has 0 aromatic heterocycles. The SMILES string of the molecule is Cc1c(F)ccc2c1CC(=O)N2. The molecule has 0 aliphatic carbocycles. The van der Waals surface area contributed by atoms with Gasteiger partial charge in [0.05, 0.1) is 6.42 Å². The van der Waals surface area contributed by atoms with Crippen molar-refractivity contribution < 1.29 is 9.18 Å². The zero-order valence-electron chi connectivity index (χ0n) is 6.65. The van der Waals surface area contributed by atoms with E-state index in [1.165, 1.54) is 6.07 Å². The molecule has 2 rings (SSSR count).